The zero-order valence-corrected chi connectivity index (χ0v) is 12.2. The van der Waals surface area contributed by atoms with Crippen LogP contribution in [0.5, 0.6) is 5.75 Å². The van der Waals surface area contributed by atoms with Crippen molar-refractivity contribution in [3.8, 4) is 5.75 Å². The standard InChI is InChI=1S/C16H15FO2S/c1-11-5-3-4-6-16(11)20-10-14(18)13-9-12(17)7-8-15(13)19-2/h3-9H,10H2,1-2H3. The Hall–Kier alpha value is -1.81. The average molecular weight is 290 g/mol. The second-order valence-electron chi connectivity index (χ2n) is 4.32. The van der Waals surface area contributed by atoms with Crippen LogP contribution in [0, 0.1) is 12.7 Å². The van der Waals surface area contributed by atoms with Crippen LogP contribution in [0.2, 0.25) is 0 Å². The second kappa shape index (κ2) is 6.57. The van der Waals surface area contributed by atoms with E-state index in [0.29, 0.717) is 5.75 Å². The van der Waals surface area contributed by atoms with E-state index >= 15 is 0 Å². The summed E-state index contributed by atoms with van der Waals surface area (Å²) >= 11 is 1.45. The molecular weight excluding hydrogens is 275 g/mol. The number of carbonyl (C=O) groups is 1. The zero-order valence-electron chi connectivity index (χ0n) is 11.4. The summed E-state index contributed by atoms with van der Waals surface area (Å²) in [5.74, 6) is 0.0800. The van der Waals surface area contributed by atoms with Crippen LogP contribution in [0.15, 0.2) is 47.4 Å². The molecule has 0 fully saturated rings. The molecule has 0 N–H and O–H groups in total. The van der Waals surface area contributed by atoms with Crippen molar-refractivity contribution in [3.05, 3.63) is 59.4 Å². The number of carbonyl (C=O) groups excluding carboxylic acids is 1. The van der Waals surface area contributed by atoms with E-state index < -0.39 is 5.82 Å². The molecular formula is C16H15FO2S. The first-order valence-electron chi connectivity index (χ1n) is 6.17. The number of aryl methyl sites for hydroxylation is 1. The van der Waals surface area contributed by atoms with Gasteiger partial charge in [-0.1, -0.05) is 18.2 Å². The molecule has 0 saturated carbocycles. The number of halogens is 1. The Morgan fingerprint density at radius 3 is 2.70 bits per heavy atom. The zero-order chi connectivity index (χ0) is 14.5. The van der Waals surface area contributed by atoms with Gasteiger partial charge in [0, 0.05) is 4.90 Å². The maximum Gasteiger partial charge on any atom is 0.176 e. The number of thioether (sulfide) groups is 1. The van der Waals surface area contributed by atoms with Crippen LogP contribution in [0.25, 0.3) is 0 Å². The van der Waals surface area contributed by atoms with Gasteiger partial charge in [-0.15, -0.1) is 11.8 Å². The summed E-state index contributed by atoms with van der Waals surface area (Å²) in [7, 11) is 1.47. The Morgan fingerprint density at radius 2 is 2.00 bits per heavy atom. The van der Waals surface area contributed by atoms with Crippen LogP contribution in [-0.4, -0.2) is 18.6 Å². The minimum absolute atomic E-state index is 0.144. The Labute approximate surface area is 122 Å². The lowest BCUT2D eigenvalue weighted by Crippen LogP contribution is -2.05. The van der Waals surface area contributed by atoms with E-state index in [1.54, 1.807) is 0 Å². The molecule has 2 aromatic rings. The number of Topliss-reactive ketones (excluding diaryl/α,β-unsaturated/α-hetero) is 1. The van der Waals surface area contributed by atoms with Gasteiger partial charge in [-0.3, -0.25) is 4.79 Å². The van der Waals surface area contributed by atoms with Gasteiger partial charge < -0.3 is 4.74 Å². The van der Waals surface area contributed by atoms with Crippen LogP contribution < -0.4 is 4.74 Å². The van der Waals surface area contributed by atoms with Crippen molar-refractivity contribution >= 4 is 17.5 Å². The second-order valence-corrected chi connectivity index (χ2v) is 5.34. The molecule has 0 spiro atoms. The van der Waals surface area contributed by atoms with Crippen LogP contribution >= 0.6 is 11.8 Å². The quantitative estimate of drug-likeness (QED) is 0.612. The minimum Gasteiger partial charge on any atom is -0.496 e. The average Bonchev–Trinajstić information content (AvgIpc) is 2.46. The van der Waals surface area contributed by atoms with E-state index in [1.807, 2.05) is 31.2 Å². The molecule has 0 aliphatic heterocycles. The summed E-state index contributed by atoms with van der Waals surface area (Å²) in [6.07, 6.45) is 0. The Morgan fingerprint density at radius 1 is 1.25 bits per heavy atom. The van der Waals surface area contributed by atoms with Crippen molar-refractivity contribution in [2.24, 2.45) is 0 Å². The molecule has 2 rings (SSSR count). The van der Waals surface area contributed by atoms with E-state index in [0.717, 1.165) is 10.5 Å². The fourth-order valence-corrected chi connectivity index (χ4v) is 2.75. The largest absolute Gasteiger partial charge is 0.496 e. The monoisotopic (exact) mass is 290 g/mol. The normalized spacial score (nSPS) is 10.3. The maximum atomic E-state index is 13.3. The molecule has 0 aromatic heterocycles. The van der Waals surface area contributed by atoms with E-state index in [2.05, 4.69) is 0 Å². The minimum atomic E-state index is -0.435. The van der Waals surface area contributed by atoms with E-state index in [-0.39, 0.29) is 17.1 Å². The van der Waals surface area contributed by atoms with Gasteiger partial charge in [-0.25, -0.2) is 4.39 Å². The molecule has 0 aliphatic rings. The summed E-state index contributed by atoms with van der Waals surface area (Å²) in [5, 5.41) is 0. The smallest absolute Gasteiger partial charge is 0.176 e. The first-order chi connectivity index (χ1) is 9.61. The first kappa shape index (κ1) is 14.6. The number of rotatable bonds is 5. The maximum absolute atomic E-state index is 13.3. The number of benzene rings is 2. The first-order valence-corrected chi connectivity index (χ1v) is 7.15. The highest BCUT2D eigenvalue weighted by molar-refractivity contribution is 8.00. The van der Waals surface area contributed by atoms with Crippen molar-refractivity contribution in [2.75, 3.05) is 12.9 Å². The number of hydrogen-bond acceptors (Lipinski definition) is 3. The Kier molecular flexibility index (Phi) is 4.79. The fourth-order valence-electron chi connectivity index (χ4n) is 1.84. The van der Waals surface area contributed by atoms with Crippen molar-refractivity contribution < 1.29 is 13.9 Å². The molecule has 2 aromatic carbocycles. The van der Waals surface area contributed by atoms with Gasteiger partial charge in [0.25, 0.3) is 0 Å². The lowest BCUT2D eigenvalue weighted by Gasteiger charge is -2.08. The summed E-state index contributed by atoms with van der Waals surface area (Å²) in [6, 6.07) is 11.8. The Bertz CT molecular complexity index is 626. The molecule has 0 saturated heterocycles. The molecule has 0 atom stereocenters. The summed E-state index contributed by atoms with van der Waals surface area (Å²) < 4.78 is 18.4. The van der Waals surface area contributed by atoms with Gasteiger partial charge in [0.15, 0.2) is 5.78 Å². The lowest BCUT2D eigenvalue weighted by molar-refractivity contribution is 0.101. The Balaban J connectivity index is 2.13. The summed E-state index contributed by atoms with van der Waals surface area (Å²) in [4.78, 5) is 13.2. The van der Waals surface area contributed by atoms with Gasteiger partial charge >= 0.3 is 0 Å². The summed E-state index contributed by atoms with van der Waals surface area (Å²) in [5.41, 5.74) is 1.41. The number of hydrogen-bond donors (Lipinski definition) is 0. The molecule has 104 valence electrons. The third-order valence-corrected chi connectivity index (χ3v) is 4.09. The highest BCUT2D eigenvalue weighted by atomic mass is 32.2. The van der Waals surface area contributed by atoms with Crippen LogP contribution in [-0.2, 0) is 0 Å². The van der Waals surface area contributed by atoms with Crippen LogP contribution in [0.3, 0.4) is 0 Å². The molecule has 0 radical (unpaired) electrons. The molecule has 0 unspecified atom stereocenters. The third kappa shape index (κ3) is 3.39. The lowest BCUT2D eigenvalue weighted by atomic mass is 10.1. The van der Waals surface area contributed by atoms with Gasteiger partial charge in [-0.2, -0.15) is 0 Å². The molecule has 0 heterocycles. The van der Waals surface area contributed by atoms with Gasteiger partial charge in [-0.05, 0) is 36.8 Å². The molecule has 20 heavy (non-hydrogen) atoms. The van der Waals surface area contributed by atoms with Crippen molar-refractivity contribution in [1.82, 2.24) is 0 Å². The summed E-state index contributed by atoms with van der Waals surface area (Å²) in [6.45, 7) is 2.00. The third-order valence-electron chi connectivity index (χ3n) is 2.91. The number of methoxy groups -OCH3 is 1. The van der Waals surface area contributed by atoms with Gasteiger partial charge in [0.2, 0.25) is 0 Å². The molecule has 0 aliphatic carbocycles. The molecule has 4 heteroatoms. The fraction of sp³-hybridized carbons (Fsp3) is 0.188. The van der Waals surface area contributed by atoms with Crippen molar-refractivity contribution in [3.63, 3.8) is 0 Å². The van der Waals surface area contributed by atoms with Crippen LogP contribution in [0.4, 0.5) is 4.39 Å². The molecule has 0 bridgehead atoms. The van der Waals surface area contributed by atoms with E-state index in [1.165, 1.54) is 37.1 Å². The highest BCUT2D eigenvalue weighted by Crippen LogP contribution is 2.26. The van der Waals surface area contributed by atoms with E-state index in [9.17, 15) is 9.18 Å². The van der Waals surface area contributed by atoms with E-state index in [4.69, 9.17) is 4.74 Å². The van der Waals surface area contributed by atoms with Crippen molar-refractivity contribution in [1.29, 1.82) is 0 Å². The predicted molar refractivity (Wildman–Crippen MR) is 79.2 cm³/mol. The van der Waals surface area contributed by atoms with Gasteiger partial charge in [0.05, 0.1) is 18.4 Å². The topological polar surface area (TPSA) is 26.3 Å². The predicted octanol–water partition coefficient (Wildman–Crippen LogP) is 4.12. The van der Waals surface area contributed by atoms with Crippen LogP contribution in [0.1, 0.15) is 15.9 Å². The van der Waals surface area contributed by atoms with Gasteiger partial charge in [0.1, 0.15) is 11.6 Å². The number of ketones is 1. The SMILES string of the molecule is COc1ccc(F)cc1C(=O)CSc1ccccc1C. The molecule has 2 nitrogen and oxygen atoms in total. The van der Waals surface area contributed by atoms with Crippen molar-refractivity contribution in [2.45, 2.75) is 11.8 Å². The number of ether oxygens (including phenoxy) is 1. The molecule has 0 amide bonds. The highest BCUT2D eigenvalue weighted by Gasteiger charge is 2.14.